The van der Waals surface area contributed by atoms with Gasteiger partial charge in [0.25, 0.3) is 5.56 Å². The number of hydrogen-bond donors (Lipinski definition) is 1. The van der Waals surface area contributed by atoms with E-state index in [9.17, 15) is 23.6 Å². The predicted octanol–water partition coefficient (Wildman–Crippen LogP) is 3.49. The first-order valence-corrected chi connectivity index (χ1v) is 11.7. The first kappa shape index (κ1) is 24.7. The number of ether oxygens (including phenoxy) is 1. The number of benzene rings is 2. The normalized spacial score (nSPS) is 15.7. The van der Waals surface area contributed by atoms with E-state index in [2.05, 4.69) is 0 Å². The molecule has 2 N–H and O–H groups in total. The molecule has 0 fully saturated rings. The quantitative estimate of drug-likeness (QED) is 0.517. The summed E-state index contributed by atoms with van der Waals surface area (Å²) in [6, 6.07) is 9.93. The van der Waals surface area contributed by atoms with Gasteiger partial charge in [-0.3, -0.25) is 9.36 Å². The number of carbonyl (C=O) groups excluding carboxylic acids is 1. The van der Waals surface area contributed by atoms with Crippen molar-refractivity contribution in [3.8, 4) is 6.07 Å². The van der Waals surface area contributed by atoms with E-state index in [1.54, 1.807) is 6.92 Å². The van der Waals surface area contributed by atoms with Crippen molar-refractivity contribution >= 4 is 58.0 Å². The lowest BCUT2D eigenvalue weighted by atomic mass is 9.83. The van der Waals surface area contributed by atoms with Gasteiger partial charge in [0.05, 0.1) is 39.3 Å². The van der Waals surface area contributed by atoms with E-state index in [1.165, 1.54) is 36.4 Å². The van der Waals surface area contributed by atoms with Crippen molar-refractivity contribution in [1.29, 1.82) is 5.26 Å². The van der Waals surface area contributed by atoms with Crippen LogP contribution in [0.15, 0.2) is 46.8 Å². The first-order chi connectivity index (χ1) is 16.7. The number of halogens is 4. The topological polar surface area (TPSA) is 98.1 Å². The molecule has 0 amide bonds. The zero-order valence-corrected chi connectivity index (χ0v) is 20.3. The molecular formula is C24H15Cl2F2N3O3S. The van der Waals surface area contributed by atoms with Gasteiger partial charge in [0.2, 0.25) is 0 Å². The molecule has 6 nitrogen and oxygen atoms in total. The molecule has 0 saturated heterocycles. The zero-order valence-electron chi connectivity index (χ0n) is 17.9. The first-order valence-electron chi connectivity index (χ1n) is 10.1. The van der Waals surface area contributed by atoms with Gasteiger partial charge < -0.3 is 10.5 Å². The minimum absolute atomic E-state index is 0.00816. The van der Waals surface area contributed by atoms with Crippen LogP contribution in [-0.2, 0) is 9.53 Å². The van der Waals surface area contributed by atoms with Crippen LogP contribution >= 0.6 is 34.5 Å². The predicted molar refractivity (Wildman–Crippen MR) is 130 cm³/mol. The van der Waals surface area contributed by atoms with Gasteiger partial charge in [-0.05, 0) is 37.3 Å². The molecule has 35 heavy (non-hydrogen) atoms. The summed E-state index contributed by atoms with van der Waals surface area (Å²) in [6.07, 6.45) is 1.23. The van der Waals surface area contributed by atoms with Crippen molar-refractivity contribution in [2.45, 2.75) is 12.8 Å². The summed E-state index contributed by atoms with van der Waals surface area (Å²) in [7, 11) is 0. The van der Waals surface area contributed by atoms with Crippen LogP contribution in [0.1, 0.15) is 24.0 Å². The molecule has 1 unspecified atom stereocenters. The highest BCUT2D eigenvalue weighted by atomic mass is 35.5. The van der Waals surface area contributed by atoms with Crippen LogP contribution in [-0.4, -0.2) is 17.1 Å². The number of nitrogens with two attached hydrogens (primary N) is 1. The molecule has 2 heterocycles. The number of thiazole rings is 1. The number of nitriles is 1. The molecule has 2 aromatic carbocycles. The van der Waals surface area contributed by atoms with E-state index in [0.29, 0.717) is 0 Å². The van der Waals surface area contributed by atoms with E-state index in [1.807, 2.05) is 6.07 Å². The Bertz CT molecular complexity index is 1600. The number of hydrogen-bond acceptors (Lipinski definition) is 6. The Morgan fingerprint density at radius 2 is 1.89 bits per heavy atom. The van der Waals surface area contributed by atoms with Crippen LogP contribution < -0.4 is 20.5 Å². The van der Waals surface area contributed by atoms with Gasteiger partial charge in [-0.2, -0.15) is 5.26 Å². The van der Waals surface area contributed by atoms with Gasteiger partial charge in [-0.25, -0.2) is 13.6 Å². The average Bonchev–Trinajstić information content (AvgIpc) is 3.13. The summed E-state index contributed by atoms with van der Waals surface area (Å²) in [5, 5.41) is 10.1. The molecular weight excluding hydrogens is 519 g/mol. The second-order valence-corrected chi connectivity index (χ2v) is 9.15. The van der Waals surface area contributed by atoms with Crippen molar-refractivity contribution in [2.24, 2.45) is 5.73 Å². The molecule has 1 aliphatic heterocycles. The van der Waals surface area contributed by atoms with Gasteiger partial charge in [0.15, 0.2) is 0 Å². The lowest BCUT2D eigenvalue weighted by molar-refractivity contribution is -0.138. The largest absolute Gasteiger partial charge is 0.463 e. The number of carbonyl (C=O) groups is 1. The van der Waals surface area contributed by atoms with Crippen molar-refractivity contribution < 1.29 is 18.3 Å². The Labute approximate surface area is 211 Å². The van der Waals surface area contributed by atoms with E-state index in [0.717, 1.165) is 22.0 Å². The van der Waals surface area contributed by atoms with Crippen LogP contribution in [0.25, 0.3) is 17.5 Å². The number of aromatic nitrogens is 1. The third-order valence-electron chi connectivity index (χ3n) is 5.33. The van der Waals surface area contributed by atoms with Crippen molar-refractivity contribution in [3.63, 3.8) is 0 Å². The molecule has 0 aliphatic carbocycles. The fraction of sp³-hybridized carbons (Fsp3) is 0.125. The van der Waals surface area contributed by atoms with E-state index < -0.39 is 29.1 Å². The lowest BCUT2D eigenvalue weighted by Gasteiger charge is -2.26. The minimum Gasteiger partial charge on any atom is -0.463 e. The van der Waals surface area contributed by atoms with Crippen molar-refractivity contribution in [3.05, 3.63) is 94.3 Å². The SMILES string of the molecule is CCOC(=O)C1=C(N)n2c(s/c(=C\c3c(F)cccc3Cl)c2=O)=C(C#N)C1c1c(F)cccc1Cl. The summed E-state index contributed by atoms with van der Waals surface area (Å²) >= 11 is 13.2. The standard InChI is InChI=1S/C24H15Cl2F2N3O3S/c1-2-34-24(33)20-18(19-14(26)6-4-8-16(19)28)12(10-29)23-31(21(20)30)22(32)17(35-23)9-11-13(25)5-3-7-15(11)27/h3-9,18H,2,30H2,1H3/b17-9-. The number of nitrogens with zero attached hydrogens (tertiary/aromatic N) is 2. The van der Waals surface area contributed by atoms with Crippen LogP contribution in [0.2, 0.25) is 10.0 Å². The average molecular weight is 534 g/mol. The number of fused-ring (bicyclic) bond motifs is 1. The second kappa shape index (κ2) is 9.66. The maximum absolute atomic E-state index is 15.0. The molecule has 0 radical (unpaired) electrons. The fourth-order valence-electron chi connectivity index (χ4n) is 3.82. The smallest absolute Gasteiger partial charge is 0.338 e. The fourth-order valence-corrected chi connectivity index (χ4v) is 5.42. The summed E-state index contributed by atoms with van der Waals surface area (Å²) in [4.78, 5) is 26.3. The van der Waals surface area contributed by atoms with E-state index >= 15 is 0 Å². The molecule has 3 aromatic rings. The monoisotopic (exact) mass is 533 g/mol. The Kier molecular flexibility index (Phi) is 6.81. The summed E-state index contributed by atoms with van der Waals surface area (Å²) < 4.78 is 35.5. The van der Waals surface area contributed by atoms with Gasteiger partial charge in [-0.15, -0.1) is 11.3 Å². The van der Waals surface area contributed by atoms with E-state index in [4.69, 9.17) is 33.7 Å². The molecule has 178 valence electrons. The molecule has 11 heteroatoms. The zero-order chi connectivity index (χ0) is 25.4. The summed E-state index contributed by atoms with van der Waals surface area (Å²) in [5.41, 5.74) is 4.92. The molecule has 1 atom stereocenters. The van der Waals surface area contributed by atoms with Crippen LogP contribution in [0.4, 0.5) is 8.78 Å². The molecule has 1 aromatic heterocycles. The molecule has 0 bridgehead atoms. The number of esters is 1. The maximum Gasteiger partial charge on any atom is 0.338 e. The Morgan fingerprint density at radius 3 is 2.49 bits per heavy atom. The molecule has 1 aliphatic rings. The lowest BCUT2D eigenvalue weighted by Crippen LogP contribution is -2.40. The minimum atomic E-state index is -1.34. The van der Waals surface area contributed by atoms with Crippen LogP contribution in [0.3, 0.4) is 0 Å². The third kappa shape index (κ3) is 4.14. The maximum atomic E-state index is 15.0. The second-order valence-electron chi connectivity index (χ2n) is 7.30. The highest BCUT2D eigenvalue weighted by Crippen LogP contribution is 2.41. The van der Waals surface area contributed by atoms with Gasteiger partial charge in [0.1, 0.15) is 22.1 Å². The van der Waals surface area contributed by atoms with Crippen LogP contribution in [0, 0.1) is 23.0 Å². The summed E-state index contributed by atoms with van der Waals surface area (Å²) in [6.45, 7) is 1.52. The number of rotatable bonds is 4. The Balaban J connectivity index is 2.15. The van der Waals surface area contributed by atoms with Crippen molar-refractivity contribution in [2.75, 3.05) is 6.61 Å². The third-order valence-corrected chi connectivity index (χ3v) is 7.09. The van der Waals surface area contributed by atoms with Gasteiger partial charge >= 0.3 is 5.97 Å². The van der Waals surface area contributed by atoms with Gasteiger partial charge in [0, 0.05) is 16.1 Å². The van der Waals surface area contributed by atoms with Crippen molar-refractivity contribution in [1.82, 2.24) is 4.57 Å². The van der Waals surface area contributed by atoms with E-state index in [-0.39, 0.29) is 53.9 Å². The molecule has 0 spiro atoms. The molecule has 4 rings (SSSR count). The Morgan fingerprint density at radius 1 is 1.23 bits per heavy atom. The highest BCUT2D eigenvalue weighted by molar-refractivity contribution is 7.07. The van der Waals surface area contributed by atoms with Crippen LogP contribution in [0.5, 0.6) is 0 Å². The van der Waals surface area contributed by atoms with Gasteiger partial charge in [-0.1, -0.05) is 35.3 Å². The Hall–Kier alpha value is -3.45. The molecule has 0 saturated carbocycles. The summed E-state index contributed by atoms with van der Waals surface area (Å²) in [5.74, 6) is -4.06. The highest BCUT2D eigenvalue weighted by Gasteiger charge is 2.39.